The van der Waals surface area contributed by atoms with Crippen LogP contribution in [0, 0.1) is 0 Å². The molecule has 1 amide bonds. The van der Waals surface area contributed by atoms with Crippen molar-refractivity contribution >= 4 is 40.6 Å². The van der Waals surface area contributed by atoms with Gasteiger partial charge in [-0.3, -0.25) is 4.79 Å². The zero-order valence-electron chi connectivity index (χ0n) is 14.9. The first-order valence-corrected chi connectivity index (χ1v) is 10.5. The predicted octanol–water partition coefficient (Wildman–Crippen LogP) is 3.96. The Morgan fingerprint density at radius 1 is 1.30 bits per heavy atom. The quantitative estimate of drug-likeness (QED) is 0.554. The number of halogens is 1. The van der Waals surface area contributed by atoms with Gasteiger partial charge in [0.25, 0.3) is 5.22 Å². The first-order chi connectivity index (χ1) is 13.0. The van der Waals surface area contributed by atoms with Crippen LogP contribution in [-0.2, 0) is 4.79 Å². The molecule has 0 spiro atoms. The lowest BCUT2D eigenvalue weighted by Crippen LogP contribution is -2.35. The van der Waals surface area contributed by atoms with E-state index in [1.807, 2.05) is 31.6 Å². The number of thiophene rings is 1. The molecule has 0 saturated carbocycles. The van der Waals surface area contributed by atoms with Crippen LogP contribution in [0.2, 0.25) is 5.02 Å². The third-order valence-corrected chi connectivity index (χ3v) is 5.64. The predicted molar refractivity (Wildman–Crippen MR) is 109 cm³/mol. The molecule has 9 heteroatoms. The van der Waals surface area contributed by atoms with Gasteiger partial charge in [-0.05, 0) is 60.8 Å². The van der Waals surface area contributed by atoms with E-state index >= 15 is 0 Å². The van der Waals surface area contributed by atoms with E-state index in [-0.39, 0.29) is 17.7 Å². The highest BCUT2D eigenvalue weighted by atomic mass is 35.5. The summed E-state index contributed by atoms with van der Waals surface area (Å²) in [5.74, 6) is 0.541. The van der Waals surface area contributed by atoms with Crippen molar-refractivity contribution < 1.29 is 9.21 Å². The molecule has 0 aliphatic heterocycles. The van der Waals surface area contributed by atoms with E-state index in [1.165, 1.54) is 17.3 Å². The zero-order chi connectivity index (χ0) is 19.2. The van der Waals surface area contributed by atoms with Crippen molar-refractivity contribution in [2.75, 3.05) is 26.4 Å². The molecule has 27 heavy (non-hydrogen) atoms. The largest absolute Gasteiger partial charge is 0.411 e. The summed E-state index contributed by atoms with van der Waals surface area (Å²) in [7, 11) is 4.00. The van der Waals surface area contributed by atoms with E-state index in [0.29, 0.717) is 22.7 Å². The lowest BCUT2D eigenvalue weighted by molar-refractivity contribution is -0.118. The number of hydrogen-bond donors (Lipinski definition) is 1. The second-order valence-corrected chi connectivity index (χ2v) is 8.15. The summed E-state index contributed by atoms with van der Waals surface area (Å²) in [5, 5.41) is 16.1. The first-order valence-electron chi connectivity index (χ1n) is 8.20. The molecule has 2 aromatic heterocycles. The molecule has 0 bridgehead atoms. The fourth-order valence-electron chi connectivity index (χ4n) is 2.43. The van der Waals surface area contributed by atoms with Crippen LogP contribution in [0.4, 0.5) is 0 Å². The molecule has 1 unspecified atom stereocenters. The average Bonchev–Trinajstić information content (AvgIpc) is 3.33. The first kappa shape index (κ1) is 19.9. The number of aromatic nitrogens is 2. The van der Waals surface area contributed by atoms with Gasteiger partial charge in [0, 0.05) is 17.1 Å². The maximum Gasteiger partial charge on any atom is 0.277 e. The normalized spacial score (nSPS) is 12.3. The molecule has 0 aliphatic carbocycles. The van der Waals surface area contributed by atoms with Gasteiger partial charge in [-0.15, -0.1) is 10.2 Å². The van der Waals surface area contributed by atoms with Gasteiger partial charge in [-0.25, -0.2) is 0 Å². The zero-order valence-corrected chi connectivity index (χ0v) is 17.3. The molecule has 0 aliphatic rings. The summed E-state index contributed by atoms with van der Waals surface area (Å²) in [6.07, 6.45) is 0. The molecule has 1 atom stereocenters. The van der Waals surface area contributed by atoms with Gasteiger partial charge in [0.15, 0.2) is 0 Å². The number of carbonyl (C=O) groups is 1. The Balaban J connectivity index is 1.50. The highest BCUT2D eigenvalue weighted by molar-refractivity contribution is 7.99. The molecule has 0 fully saturated rings. The molecular weight excluding hydrogens is 404 g/mol. The number of likely N-dealkylation sites (N-methyl/N-ethyl adjacent to an activating group) is 1. The number of nitrogens with one attached hydrogen (secondary N) is 1. The number of carbonyl (C=O) groups excluding carboxylic acids is 1. The van der Waals surface area contributed by atoms with Crippen LogP contribution in [0.15, 0.2) is 50.7 Å². The molecule has 3 aromatic rings. The maximum absolute atomic E-state index is 12.2. The van der Waals surface area contributed by atoms with Gasteiger partial charge < -0.3 is 14.6 Å². The minimum Gasteiger partial charge on any atom is -0.411 e. The second kappa shape index (κ2) is 9.36. The lowest BCUT2D eigenvalue weighted by atomic mass is 10.1. The summed E-state index contributed by atoms with van der Waals surface area (Å²) in [5.41, 5.74) is 1.98. The van der Waals surface area contributed by atoms with Gasteiger partial charge in [0.1, 0.15) is 0 Å². The van der Waals surface area contributed by atoms with Gasteiger partial charge in [-0.2, -0.15) is 11.3 Å². The Morgan fingerprint density at radius 2 is 2.07 bits per heavy atom. The molecule has 3 rings (SSSR count). The van der Waals surface area contributed by atoms with E-state index in [9.17, 15) is 4.79 Å². The number of hydrogen-bond acceptors (Lipinski definition) is 7. The van der Waals surface area contributed by atoms with Gasteiger partial charge in [-0.1, -0.05) is 23.4 Å². The molecule has 1 aromatic carbocycles. The van der Waals surface area contributed by atoms with Crippen LogP contribution in [0.5, 0.6) is 0 Å². The van der Waals surface area contributed by atoms with E-state index in [4.69, 9.17) is 16.0 Å². The van der Waals surface area contributed by atoms with Gasteiger partial charge >= 0.3 is 0 Å². The maximum atomic E-state index is 12.2. The Morgan fingerprint density at radius 3 is 2.74 bits per heavy atom. The average molecular weight is 423 g/mol. The standard InChI is InChI=1S/C18H19ClN4O2S2/c1-23(2)15(13-7-8-26-10-13)9-20-16(24)11-27-18-22-21-17(25-18)12-3-5-14(19)6-4-12/h3-8,10,15H,9,11H2,1-2H3,(H,20,24). The topological polar surface area (TPSA) is 71.3 Å². The Bertz CT molecular complexity index is 866. The van der Waals surface area contributed by atoms with E-state index in [0.717, 1.165) is 5.56 Å². The molecule has 6 nitrogen and oxygen atoms in total. The molecular formula is C18H19ClN4O2S2. The Hall–Kier alpha value is -1.87. The molecule has 2 heterocycles. The molecule has 0 radical (unpaired) electrons. The summed E-state index contributed by atoms with van der Waals surface area (Å²) >= 11 is 8.74. The van der Waals surface area contributed by atoms with E-state index < -0.39 is 0 Å². The molecule has 0 saturated heterocycles. The van der Waals surface area contributed by atoms with E-state index in [1.54, 1.807) is 23.5 Å². The van der Waals surface area contributed by atoms with Crippen molar-refractivity contribution in [3.63, 3.8) is 0 Å². The Kier molecular flexibility index (Phi) is 6.89. The van der Waals surface area contributed by atoms with Crippen molar-refractivity contribution in [3.8, 4) is 11.5 Å². The summed E-state index contributed by atoms with van der Waals surface area (Å²) < 4.78 is 5.59. The van der Waals surface area contributed by atoms with Crippen LogP contribution in [0.3, 0.4) is 0 Å². The van der Waals surface area contributed by atoms with Gasteiger partial charge in [0.05, 0.1) is 11.8 Å². The summed E-state index contributed by atoms with van der Waals surface area (Å²) in [6, 6.07) is 9.36. The van der Waals surface area contributed by atoms with Gasteiger partial charge in [0.2, 0.25) is 11.8 Å². The minimum atomic E-state index is -0.0756. The monoisotopic (exact) mass is 422 g/mol. The summed E-state index contributed by atoms with van der Waals surface area (Å²) in [4.78, 5) is 14.3. The SMILES string of the molecule is CN(C)C(CNC(=O)CSc1nnc(-c2ccc(Cl)cc2)o1)c1ccsc1. The van der Waals surface area contributed by atoms with Crippen LogP contribution in [0.25, 0.3) is 11.5 Å². The molecule has 1 N–H and O–H groups in total. The van der Waals surface area contributed by atoms with Crippen LogP contribution in [-0.4, -0.2) is 47.4 Å². The summed E-state index contributed by atoms with van der Waals surface area (Å²) in [6.45, 7) is 0.545. The van der Waals surface area contributed by atoms with Crippen LogP contribution in [0.1, 0.15) is 11.6 Å². The second-order valence-electron chi connectivity index (χ2n) is 6.01. The third-order valence-electron chi connectivity index (χ3n) is 3.87. The highest BCUT2D eigenvalue weighted by Gasteiger charge is 2.16. The van der Waals surface area contributed by atoms with E-state index in [2.05, 4.69) is 31.9 Å². The number of nitrogens with zero attached hydrogens (tertiary/aromatic N) is 3. The number of rotatable bonds is 8. The minimum absolute atomic E-state index is 0.0756. The lowest BCUT2D eigenvalue weighted by Gasteiger charge is -2.23. The fourth-order valence-corrected chi connectivity index (χ4v) is 3.86. The highest BCUT2D eigenvalue weighted by Crippen LogP contribution is 2.24. The fraction of sp³-hybridized carbons (Fsp3) is 0.278. The smallest absolute Gasteiger partial charge is 0.277 e. The van der Waals surface area contributed by atoms with Crippen molar-refractivity contribution in [2.45, 2.75) is 11.3 Å². The number of benzene rings is 1. The van der Waals surface area contributed by atoms with Crippen molar-refractivity contribution in [1.82, 2.24) is 20.4 Å². The van der Waals surface area contributed by atoms with Crippen LogP contribution >= 0.6 is 34.7 Å². The van der Waals surface area contributed by atoms with Crippen LogP contribution < -0.4 is 5.32 Å². The van der Waals surface area contributed by atoms with Crippen molar-refractivity contribution in [3.05, 3.63) is 51.7 Å². The molecule has 142 valence electrons. The van der Waals surface area contributed by atoms with Crippen molar-refractivity contribution in [2.24, 2.45) is 0 Å². The third kappa shape index (κ3) is 5.55. The van der Waals surface area contributed by atoms with Crippen molar-refractivity contribution in [1.29, 1.82) is 0 Å². The number of amides is 1. The Labute approximate surface area is 170 Å². The number of thioether (sulfide) groups is 1.